The Balaban J connectivity index is 1.48. The van der Waals surface area contributed by atoms with Crippen LogP contribution in [0.1, 0.15) is 35.7 Å². The molecule has 1 fully saturated rings. The molecule has 4 rings (SSSR count). The van der Waals surface area contributed by atoms with Crippen LogP contribution >= 0.6 is 0 Å². The molecule has 0 aliphatic heterocycles. The monoisotopic (exact) mass is 379 g/mol. The molecule has 0 unspecified atom stereocenters. The number of anilines is 1. The number of amides is 2. The lowest BCUT2D eigenvalue weighted by molar-refractivity contribution is -0.130. The molecule has 0 atom stereocenters. The summed E-state index contributed by atoms with van der Waals surface area (Å²) >= 11 is 0. The molecule has 3 aromatic rings. The summed E-state index contributed by atoms with van der Waals surface area (Å²) in [5, 5.41) is 7.14. The van der Waals surface area contributed by atoms with Crippen molar-refractivity contribution in [1.29, 1.82) is 0 Å². The van der Waals surface area contributed by atoms with Crippen LogP contribution in [0.25, 0.3) is 11.0 Å². The van der Waals surface area contributed by atoms with Gasteiger partial charge in [0, 0.05) is 38.4 Å². The van der Waals surface area contributed by atoms with Gasteiger partial charge in [-0.25, -0.2) is 0 Å². The number of aromatic amines is 1. The smallest absolute Gasteiger partial charge is 0.261 e. The van der Waals surface area contributed by atoms with Gasteiger partial charge in [-0.1, -0.05) is 12.1 Å². The highest BCUT2D eigenvalue weighted by Gasteiger charge is 2.30. The highest BCUT2D eigenvalue weighted by atomic mass is 16.2. The molecule has 8 nitrogen and oxygen atoms in total. The lowest BCUT2D eigenvalue weighted by atomic mass is 10.1. The van der Waals surface area contributed by atoms with Crippen LogP contribution in [0.5, 0.6) is 0 Å². The molecular weight excluding hydrogens is 358 g/mol. The summed E-state index contributed by atoms with van der Waals surface area (Å²) in [6, 6.07) is 7.65. The predicted molar refractivity (Wildman–Crippen MR) is 105 cm³/mol. The number of rotatable bonds is 5. The van der Waals surface area contributed by atoms with Crippen molar-refractivity contribution in [2.75, 3.05) is 5.32 Å². The molecule has 1 aliphatic carbocycles. The first-order valence-electron chi connectivity index (χ1n) is 9.15. The van der Waals surface area contributed by atoms with E-state index >= 15 is 0 Å². The van der Waals surface area contributed by atoms with Gasteiger partial charge in [0.05, 0.1) is 11.6 Å². The van der Waals surface area contributed by atoms with Crippen LogP contribution < -0.4 is 10.7 Å². The molecule has 1 aromatic carbocycles. The van der Waals surface area contributed by atoms with E-state index in [9.17, 15) is 14.4 Å². The van der Waals surface area contributed by atoms with Crippen molar-refractivity contribution < 1.29 is 9.59 Å². The Labute approximate surface area is 161 Å². The van der Waals surface area contributed by atoms with E-state index in [0.717, 1.165) is 18.4 Å². The summed E-state index contributed by atoms with van der Waals surface area (Å²) in [5.74, 6) is -0.409. The van der Waals surface area contributed by atoms with Crippen LogP contribution in [0, 0.1) is 0 Å². The Morgan fingerprint density at radius 1 is 1.29 bits per heavy atom. The third-order valence-electron chi connectivity index (χ3n) is 4.98. The Kier molecular flexibility index (Phi) is 4.46. The van der Waals surface area contributed by atoms with Gasteiger partial charge in [-0.15, -0.1) is 0 Å². The number of hydrogen-bond donors (Lipinski definition) is 2. The minimum absolute atomic E-state index is 0.0288. The summed E-state index contributed by atoms with van der Waals surface area (Å²) in [7, 11) is 1.72. The number of carbonyl (C=O) groups is 2. The van der Waals surface area contributed by atoms with Gasteiger partial charge in [0.1, 0.15) is 11.2 Å². The first-order chi connectivity index (χ1) is 13.4. The highest BCUT2D eigenvalue weighted by molar-refractivity contribution is 6.05. The molecule has 1 aliphatic rings. The fourth-order valence-corrected chi connectivity index (χ4v) is 3.27. The average Bonchev–Trinajstić information content (AvgIpc) is 3.44. The van der Waals surface area contributed by atoms with Crippen molar-refractivity contribution in [2.24, 2.45) is 7.05 Å². The van der Waals surface area contributed by atoms with Crippen LogP contribution in [0.4, 0.5) is 5.69 Å². The quantitative estimate of drug-likeness (QED) is 0.708. The third kappa shape index (κ3) is 3.40. The predicted octanol–water partition coefficient (Wildman–Crippen LogP) is 2.02. The Bertz CT molecular complexity index is 1110. The molecule has 2 aromatic heterocycles. The fourth-order valence-electron chi connectivity index (χ4n) is 3.27. The van der Waals surface area contributed by atoms with E-state index in [4.69, 9.17) is 0 Å². The SMILES string of the molecule is CC(=O)N(Cc1ccc(NC(=O)c2c[nH]c3c(cnn3C)c2=O)cc1)C1CC1. The number of pyridine rings is 1. The maximum absolute atomic E-state index is 12.5. The number of hydrogen-bond acceptors (Lipinski definition) is 4. The number of aromatic nitrogens is 3. The second-order valence-electron chi connectivity index (χ2n) is 7.09. The van der Waals surface area contributed by atoms with E-state index < -0.39 is 5.91 Å². The number of carbonyl (C=O) groups excluding carboxylic acids is 2. The second-order valence-corrected chi connectivity index (χ2v) is 7.09. The van der Waals surface area contributed by atoms with Gasteiger partial charge in [-0.05, 0) is 30.5 Å². The lowest BCUT2D eigenvalue weighted by Crippen LogP contribution is -2.30. The Morgan fingerprint density at radius 3 is 2.64 bits per heavy atom. The number of nitrogens with one attached hydrogen (secondary N) is 2. The summed E-state index contributed by atoms with van der Waals surface area (Å²) in [4.78, 5) is 41.6. The van der Waals surface area contributed by atoms with E-state index in [1.54, 1.807) is 30.8 Å². The average molecular weight is 379 g/mol. The Hall–Kier alpha value is -3.42. The van der Waals surface area contributed by atoms with Crippen molar-refractivity contribution in [3.8, 4) is 0 Å². The molecular formula is C20H21N5O3. The zero-order chi connectivity index (χ0) is 19.8. The molecule has 1 saturated carbocycles. The third-order valence-corrected chi connectivity index (χ3v) is 4.98. The minimum Gasteiger partial charge on any atom is -0.345 e. The number of aryl methyl sites for hydroxylation is 1. The van der Waals surface area contributed by atoms with Gasteiger partial charge in [0.15, 0.2) is 0 Å². The van der Waals surface area contributed by atoms with Gasteiger partial charge in [-0.2, -0.15) is 5.10 Å². The molecule has 0 radical (unpaired) electrons. The largest absolute Gasteiger partial charge is 0.345 e. The molecule has 8 heteroatoms. The van der Waals surface area contributed by atoms with Crippen molar-refractivity contribution in [3.05, 3.63) is 58.0 Å². The summed E-state index contributed by atoms with van der Waals surface area (Å²) in [5.41, 5.74) is 1.81. The molecule has 2 N–H and O–H groups in total. The maximum Gasteiger partial charge on any atom is 0.261 e. The van der Waals surface area contributed by atoms with Gasteiger partial charge in [0.2, 0.25) is 11.3 Å². The van der Waals surface area contributed by atoms with Crippen LogP contribution in [0.15, 0.2) is 41.5 Å². The normalized spacial score (nSPS) is 13.5. The van der Waals surface area contributed by atoms with Crippen LogP contribution in [0.2, 0.25) is 0 Å². The zero-order valence-corrected chi connectivity index (χ0v) is 15.7. The van der Waals surface area contributed by atoms with Crippen molar-refractivity contribution in [3.63, 3.8) is 0 Å². The van der Waals surface area contributed by atoms with Crippen LogP contribution in [-0.2, 0) is 18.4 Å². The van der Waals surface area contributed by atoms with Crippen molar-refractivity contribution in [2.45, 2.75) is 32.4 Å². The number of fused-ring (bicyclic) bond motifs is 1. The van der Waals surface area contributed by atoms with Crippen molar-refractivity contribution in [1.82, 2.24) is 19.7 Å². The van der Waals surface area contributed by atoms with Gasteiger partial charge >= 0.3 is 0 Å². The molecule has 2 amide bonds. The molecule has 144 valence electrons. The van der Waals surface area contributed by atoms with Crippen LogP contribution in [-0.4, -0.2) is 37.5 Å². The van der Waals surface area contributed by atoms with Crippen LogP contribution in [0.3, 0.4) is 0 Å². The van der Waals surface area contributed by atoms with E-state index in [1.807, 2.05) is 17.0 Å². The van der Waals surface area contributed by atoms with E-state index in [0.29, 0.717) is 29.3 Å². The summed E-state index contributed by atoms with van der Waals surface area (Å²) < 4.78 is 1.54. The maximum atomic E-state index is 12.5. The van der Waals surface area contributed by atoms with E-state index in [1.165, 1.54) is 12.4 Å². The van der Waals surface area contributed by atoms with Gasteiger partial charge < -0.3 is 15.2 Å². The lowest BCUT2D eigenvalue weighted by Gasteiger charge is -2.20. The zero-order valence-electron chi connectivity index (χ0n) is 15.7. The minimum atomic E-state index is -0.483. The van der Waals surface area contributed by atoms with Crippen molar-refractivity contribution >= 4 is 28.5 Å². The topological polar surface area (TPSA) is 100 Å². The fraction of sp³-hybridized carbons (Fsp3) is 0.300. The summed E-state index contributed by atoms with van der Waals surface area (Å²) in [6.45, 7) is 2.15. The van der Waals surface area contributed by atoms with Gasteiger partial charge in [0.25, 0.3) is 5.91 Å². The Morgan fingerprint density at radius 2 is 2.00 bits per heavy atom. The molecule has 2 heterocycles. The molecule has 0 bridgehead atoms. The first kappa shape index (κ1) is 18.0. The molecule has 28 heavy (non-hydrogen) atoms. The standard InChI is InChI=1S/C20H21N5O3/c1-12(26)25(15-7-8-15)11-13-3-5-14(6-4-13)23-20(28)17-9-21-19-16(18(17)27)10-22-24(19)2/h3-6,9-10,15H,7-8,11H2,1-2H3,(H,21,27)(H,23,28). The number of nitrogens with zero attached hydrogens (tertiary/aromatic N) is 3. The molecule has 0 spiro atoms. The molecule has 0 saturated heterocycles. The second kappa shape index (κ2) is 6.95. The van der Waals surface area contributed by atoms with E-state index in [-0.39, 0.29) is 16.9 Å². The van der Waals surface area contributed by atoms with Gasteiger partial charge in [-0.3, -0.25) is 19.1 Å². The highest BCUT2D eigenvalue weighted by Crippen LogP contribution is 2.28. The number of benzene rings is 1. The van der Waals surface area contributed by atoms with E-state index in [2.05, 4.69) is 15.4 Å². The summed E-state index contributed by atoms with van der Waals surface area (Å²) in [6.07, 6.45) is 4.96. The first-order valence-corrected chi connectivity index (χ1v) is 9.15. The number of H-pyrrole nitrogens is 1.